The summed E-state index contributed by atoms with van der Waals surface area (Å²) >= 11 is 0. The quantitative estimate of drug-likeness (QED) is 0.742. The highest BCUT2D eigenvalue weighted by atomic mass is 16.2. The predicted molar refractivity (Wildman–Crippen MR) is 87.2 cm³/mol. The molecular weight excluding hydrogens is 308 g/mol. The number of likely N-dealkylation sites (tertiary alicyclic amines) is 2. The zero-order valence-corrected chi connectivity index (χ0v) is 14.3. The van der Waals surface area contributed by atoms with Crippen molar-refractivity contribution >= 4 is 17.8 Å². The Bertz CT molecular complexity index is 586. The summed E-state index contributed by atoms with van der Waals surface area (Å²) in [4.78, 5) is 42.8. The van der Waals surface area contributed by atoms with Crippen molar-refractivity contribution in [3.63, 3.8) is 0 Å². The standard InChI is InChI=1S/C17H26N4O3/c1-19-8-6-16(11-19)7-9-20(12-16)13(22)10-21-14(23)17(18-15(21)24)4-2-3-5-17/h2-12H2,1H3,(H,18,24). The van der Waals surface area contributed by atoms with E-state index in [0.29, 0.717) is 12.8 Å². The van der Waals surface area contributed by atoms with Crippen LogP contribution in [0.15, 0.2) is 0 Å². The maximum atomic E-state index is 12.7. The van der Waals surface area contributed by atoms with Crippen molar-refractivity contribution in [2.24, 2.45) is 5.41 Å². The van der Waals surface area contributed by atoms with Gasteiger partial charge in [0.2, 0.25) is 5.91 Å². The molecule has 1 aliphatic carbocycles. The maximum absolute atomic E-state index is 12.7. The van der Waals surface area contributed by atoms with Gasteiger partial charge >= 0.3 is 6.03 Å². The van der Waals surface area contributed by atoms with Crippen LogP contribution in [0.4, 0.5) is 4.79 Å². The molecule has 7 heteroatoms. The molecule has 1 saturated carbocycles. The van der Waals surface area contributed by atoms with E-state index >= 15 is 0 Å². The van der Waals surface area contributed by atoms with Crippen LogP contribution in [0.2, 0.25) is 0 Å². The van der Waals surface area contributed by atoms with Crippen LogP contribution in [0.1, 0.15) is 38.5 Å². The number of urea groups is 1. The highest BCUT2D eigenvalue weighted by Crippen LogP contribution is 2.39. The molecular formula is C17H26N4O3. The molecule has 4 fully saturated rings. The number of carbonyl (C=O) groups is 3. The third-order valence-corrected chi connectivity index (χ3v) is 6.42. The summed E-state index contributed by atoms with van der Waals surface area (Å²) in [6.07, 6.45) is 5.45. The molecule has 4 amide bonds. The summed E-state index contributed by atoms with van der Waals surface area (Å²) in [5.74, 6) is -0.298. The van der Waals surface area contributed by atoms with Gasteiger partial charge in [0.1, 0.15) is 12.1 Å². The molecule has 3 heterocycles. The Morgan fingerprint density at radius 1 is 1.08 bits per heavy atom. The third-order valence-electron chi connectivity index (χ3n) is 6.42. The molecule has 0 bridgehead atoms. The van der Waals surface area contributed by atoms with Crippen LogP contribution in [-0.2, 0) is 9.59 Å². The van der Waals surface area contributed by atoms with Crippen molar-refractivity contribution < 1.29 is 14.4 Å². The lowest BCUT2D eigenvalue weighted by molar-refractivity contribution is -0.138. The number of imide groups is 1. The summed E-state index contributed by atoms with van der Waals surface area (Å²) in [5, 5.41) is 2.84. The topological polar surface area (TPSA) is 73.0 Å². The smallest absolute Gasteiger partial charge is 0.325 e. The van der Waals surface area contributed by atoms with E-state index < -0.39 is 11.6 Å². The molecule has 24 heavy (non-hydrogen) atoms. The largest absolute Gasteiger partial charge is 0.341 e. The SMILES string of the molecule is CN1CCC2(CCN(C(=O)CN3C(=O)NC4(CCCC4)C3=O)C2)C1. The van der Waals surface area contributed by atoms with E-state index in [9.17, 15) is 14.4 Å². The molecule has 1 atom stereocenters. The van der Waals surface area contributed by atoms with Gasteiger partial charge in [0.05, 0.1) is 0 Å². The average Bonchev–Trinajstić information content (AvgIpc) is 3.29. The van der Waals surface area contributed by atoms with Crippen molar-refractivity contribution in [2.45, 2.75) is 44.1 Å². The molecule has 0 aromatic carbocycles. The van der Waals surface area contributed by atoms with Crippen molar-refractivity contribution in [1.29, 1.82) is 0 Å². The molecule has 4 rings (SSSR count). The summed E-state index contributed by atoms with van der Waals surface area (Å²) in [6, 6.07) is -0.398. The minimum atomic E-state index is -0.724. The van der Waals surface area contributed by atoms with Gasteiger partial charge in [0.25, 0.3) is 5.91 Å². The zero-order chi connectivity index (χ0) is 16.9. The number of nitrogens with one attached hydrogen (secondary N) is 1. The first-order valence-electron chi connectivity index (χ1n) is 9.04. The first-order chi connectivity index (χ1) is 11.4. The van der Waals surface area contributed by atoms with Crippen molar-refractivity contribution in [1.82, 2.24) is 20.0 Å². The lowest BCUT2D eigenvalue weighted by atomic mass is 9.86. The van der Waals surface area contributed by atoms with Gasteiger partial charge in [-0.15, -0.1) is 0 Å². The van der Waals surface area contributed by atoms with Crippen LogP contribution >= 0.6 is 0 Å². The Kier molecular flexibility index (Phi) is 3.60. The van der Waals surface area contributed by atoms with Crippen molar-refractivity contribution in [2.75, 3.05) is 39.8 Å². The van der Waals surface area contributed by atoms with Crippen LogP contribution in [-0.4, -0.2) is 77.9 Å². The number of amides is 4. The average molecular weight is 334 g/mol. The Balaban J connectivity index is 1.40. The van der Waals surface area contributed by atoms with Crippen LogP contribution in [0, 0.1) is 5.41 Å². The zero-order valence-electron chi connectivity index (χ0n) is 14.3. The molecule has 0 radical (unpaired) electrons. The van der Waals surface area contributed by atoms with Gasteiger partial charge in [-0.3, -0.25) is 14.5 Å². The van der Waals surface area contributed by atoms with E-state index in [0.717, 1.165) is 56.8 Å². The Morgan fingerprint density at radius 2 is 1.79 bits per heavy atom. The molecule has 0 aromatic rings. The van der Waals surface area contributed by atoms with E-state index in [4.69, 9.17) is 0 Å². The van der Waals surface area contributed by atoms with Gasteiger partial charge in [-0.05, 0) is 39.3 Å². The molecule has 3 aliphatic heterocycles. The second kappa shape index (κ2) is 5.44. The molecule has 2 spiro atoms. The summed E-state index contributed by atoms with van der Waals surface area (Å²) < 4.78 is 0. The van der Waals surface area contributed by atoms with Crippen LogP contribution in [0.5, 0.6) is 0 Å². The number of carbonyl (C=O) groups excluding carboxylic acids is 3. The Morgan fingerprint density at radius 3 is 2.46 bits per heavy atom. The molecule has 1 unspecified atom stereocenters. The van der Waals surface area contributed by atoms with Gasteiger partial charge in [-0.25, -0.2) is 4.79 Å². The summed E-state index contributed by atoms with van der Waals surface area (Å²) in [7, 11) is 2.12. The van der Waals surface area contributed by atoms with Gasteiger partial charge in [-0.1, -0.05) is 12.8 Å². The lowest BCUT2D eigenvalue weighted by Gasteiger charge is -2.25. The van der Waals surface area contributed by atoms with Gasteiger partial charge in [0.15, 0.2) is 0 Å². The van der Waals surface area contributed by atoms with Crippen molar-refractivity contribution in [3.8, 4) is 0 Å². The lowest BCUT2D eigenvalue weighted by Crippen LogP contribution is -2.46. The van der Waals surface area contributed by atoms with Gasteiger partial charge in [0, 0.05) is 25.0 Å². The fourth-order valence-electron chi connectivity index (χ4n) is 5.01. The van der Waals surface area contributed by atoms with E-state index in [-0.39, 0.29) is 23.8 Å². The first-order valence-corrected chi connectivity index (χ1v) is 9.04. The fraction of sp³-hybridized carbons (Fsp3) is 0.824. The maximum Gasteiger partial charge on any atom is 0.325 e. The number of hydrogen-bond acceptors (Lipinski definition) is 4. The molecule has 3 saturated heterocycles. The third kappa shape index (κ3) is 2.41. The van der Waals surface area contributed by atoms with Crippen LogP contribution in [0.3, 0.4) is 0 Å². The number of hydrogen-bond donors (Lipinski definition) is 1. The minimum absolute atomic E-state index is 0.0972. The van der Waals surface area contributed by atoms with Gasteiger partial charge in [-0.2, -0.15) is 0 Å². The summed E-state index contributed by atoms with van der Waals surface area (Å²) in [6.45, 7) is 3.49. The molecule has 4 aliphatic rings. The van der Waals surface area contributed by atoms with E-state index in [1.807, 2.05) is 4.90 Å². The van der Waals surface area contributed by atoms with Crippen LogP contribution < -0.4 is 5.32 Å². The molecule has 132 valence electrons. The van der Waals surface area contributed by atoms with Crippen LogP contribution in [0.25, 0.3) is 0 Å². The second-order valence-corrected chi connectivity index (χ2v) is 8.16. The highest BCUT2D eigenvalue weighted by Gasteiger charge is 2.53. The molecule has 0 aromatic heterocycles. The van der Waals surface area contributed by atoms with E-state index in [1.165, 1.54) is 0 Å². The normalized spacial score (nSPS) is 32.5. The molecule has 7 nitrogen and oxygen atoms in total. The monoisotopic (exact) mass is 334 g/mol. The first kappa shape index (κ1) is 15.9. The summed E-state index contributed by atoms with van der Waals surface area (Å²) in [5.41, 5.74) is -0.508. The van der Waals surface area contributed by atoms with Gasteiger partial charge < -0.3 is 15.1 Å². The van der Waals surface area contributed by atoms with E-state index in [1.54, 1.807) is 0 Å². The Hall–Kier alpha value is -1.63. The predicted octanol–water partition coefficient (Wildman–Crippen LogP) is 0.405. The second-order valence-electron chi connectivity index (χ2n) is 8.16. The number of rotatable bonds is 2. The molecule has 1 N–H and O–H groups in total. The van der Waals surface area contributed by atoms with Crippen molar-refractivity contribution in [3.05, 3.63) is 0 Å². The number of nitrogens with zero attached hydrogens (tertiary/aromatic N) is 3. The highest BCUT2D eigenvalue weighted by molar-refractivity contribution is 6.09. The minimum Gasteiger partial charge on any atom is -0.341 e. The fourth-order valence-corrected chi connectivity index (χ4v) is 5.01. The Labute approximate surface area is 142 Å². The van der Waals surface area contributed by atoms with E-state index in [2.05, 4.69) is 17.3 Å².